The lowest BCUT2D eigenvalue weighted by molar-refractivity contribution is -0.118. The van der Waals surface area contributed by atoms with Gasteiger partial charge in [-0.3, -0.25) is 4.79 Å². The molecule has 0 unspecified atom stereocenters. The number of anilines is 1. The maximum Gasteiger partial charge on any atom is 0.262 e. The Labute approximate surface area is 180 Å². The second-order valence-electron chi connectivity index (χ2n) is 6.89. The van der Waals surface area contributed by atoms with Crippen LogP contribution in [0.15, 0.2) is 41.3 Å². The van der Waals surface area contributed by atoms with E-state index in [1.54, 1.807) is 37.3 Å². The molecule has 1 aliphatic heterocycles. The summed E-state index contributed by atoms with van der Waals surface area (Å²) in [6.45, 7) is 2.61. The highest BCUT2D eigenvalue weighted by Crippen LogP contribution is 2.26. The van der Waals surface area contributed by atoms with Crippen LogP contribution < -0.4 is 10.1 Å². The van der Waals surface area contributed by atoms with Gasteiger partial charge in [0.15, 0.2) is 6.61 Å². The van der Waals surface area contributed by atoms with Gasteiger partial charge in [0.2, 0.25) is 10.0 Å². The number of rotatable bonds is 6. The van der Waals surface area contributed by atoms with Crippen molar-refractivity contribution in [3.63, 3.8) is 0 Å². The number of benzene rings is 2. The molecule has 1 N–H and O–H groups in total. The van der Waals surface area contributed by atoms with Crippen LogP contribution in [0.3, 0.4) is 0 Å². The zero-order valence-corrected chi connectivity index (χ0v) is 18.3. The molecule has 3 rings (SSSR count). The van der Waals surface area contributed by atoms with Gasteiger partial charge in [0.1, 0.15) is 5.75 Å². The lowest BCUT2D eigenvalue weighted by Gasteiger charge is -2.26. The molecule has 6 nitrogen and oxygen atoms in total. The molecule has 1 aliphatic rings. The predicted octanol–water partition coefficient (Wildman–Crippen LogP) is 4.49. The number of amides is 1. The summed E-state index contributed by atoms with van der Waals surface area (Å²) in [5.41, 5.74) is 1.11. The van der Waals surface area contributed by atoms with Gasteiger partial charge in [-0.15, -0.1) is 0 Å². The minimum atomic E-state index is -3.51. The number of piperidine rings is 1. The van der Waals surface area contributed by atoms with E-state index in [-0.39, 0.29) is 17.4 Å². The number of nitrogens with zero attached hydrogens (tertiary/aromatic N) is 1. The summed E-state index contributed by atoms with van der Waals surface area (Å²) in [5.74, 6) is 0.0645. The number of nitrogens with one attached hydrogen (secondary N) is 1. The number of ether oxygens (including phenoxy) is 1. The van der Waals surface area contributed by atoms with Gasteiger partial charge in [0.25, 0.3) is 5.91 Å². The lowest BCUT2D eigenvalue weighted by Crippen LogP contribution is -2.35. The number of hydrogen-bond acceptors (Lipinski definition) is 4. The van der Waals surface area contributed by atoms with Gasteiger partial charge < -0.3 is 10.1 Å². The number of sulfonamides is 1. The number of carbonyl (C=O) groups is 1. The van der Waals surface area contributed by atoms with E-state index in [1.165, 1.54) is 10.4 Å². The van der Waals surface area contributed by atoms with Crippen molar-refractivity contribution in [2.24, 2.45) is 0 Å². The topological polar surface area (TPSA) is 75.7 Å². The fourth-order valence-electron chi connectivity index (χ4n) is 3.16. The standard InChI is InChI=1S/C20H22Cl2N2O4S/c1-14-9-18(29(26,27)24-7-3-2-4-8-24)5-6-19(14)28-13-20(25)23-17-11-15(21)10-16(22)12-17/h5-6,9-12H,2-4,7-8,13H2,1H3,(H,23,25). The van der Waals surface area contributed by atoms with Crippen LogP contribution >= 0.6 is 23.2 Å². The first-order valence-corrected chi connectivity index (χ1v) is 11.4. The second-order valence-corrected chi connectivity index (χ2v) is 9.70. The summed E-state index contributed by atoms with van der Waals surface area (Å²) < 4.78 is 32.6. The molecular formula is C20H22Cl2N2O4S. The van der Waals surface area contributed by atoms with Gasteiger partial charge in [0.05, 0.1) is 4.90 Å². The highest BCUT2D eigenvalue weighted by atomic mass is 35.5. The molecule has 1 fully saturated rings. The number of halogens is 2. The van der Waals surface area contributed by atoms with E-state index in [2.05, 4.69) is 5.32 Å². The Balaban J connectivity index is 1.64. The summed E-state index contributed by atoms with van der Waals surface area (Å²) in [4.78, 5) is 12.4. The van der Waals surface area contributed by atoms with Crippen LogP contribution in [0, 0.1) is 6.92 Å². The molecule has 0 saturated carbocycles. The Morgan fingerprint density at radius 2 is 1.72 bits per heavy atom. The van der Waals surface area contributed by atoms with Crippen LogP contribution in [0.25, 0.3) is 0 Å². The van der Waals surface area contributed by atoms with Gasteiger partial charge in [-0.05, 0) is 61.7 Å². The van der Waals surface area contributed by atoms with E-state index in [4.69, 9.17) is 27.9 Å². The second kappa shape index (κ2) is 9.34. The molecule has 2 aromatic rings. The third-order valence-electron chi connectivity index (χ3n) is 4.60. The molecule has 156 valence electrons. The summed E-state index contributed by atoms with van der Waals surface area (Å²) in [6, 6.07) is 9.40. The first-order valence-electron chi connectivity index (χ1n) is 9.25. The van der Waals surface area contributed by atoms with E-state index < -0.39 is 10.0 Å². The van der Waals surface area contributed by atoms with Gasteiger partial charge in [-0.2, -0.15) is 4.31 Å². The van der Waals surface area contributed by atoms with E-state index in [9.17, 15) is 13.2 Å². The average molecular weight is 457 g/mol. The molecule has 0 bridgehead atoms. The Morgan fingerprint density at radius 1 is 1.07 bits per heavy atom. The molecule has 29 heavy (non-hydrogen) atoms. The van der Waals surface area contributed by atoms with Gasteiger partial charge >= 0.3 is 0 Å². The predicted molar refractivity (Wildman–Crippen MR) is 114 cm³/mol. The SMILES string of the molecule is Cc1cc(S(=O)(=O)N2CCCCC2)ccc1OCC(=O)Nc1cc(Cl)cc(Cl)c1. The van der Waals surface area contributed by atoms with E-state index in [1.807, 2.05) is 0 Å². The van der Waals surface area contributed by atoms with Gasteiger partial charge in [-0.1, -0.05) is 29.6 Å². The number of hydrogen-bond donors (Lipinski definition) is 1. The molecule has 9 heteroatoms. The van der Waals surface area contributed by atoms with Crippen LogP contribution in [-0.2, 0) is 14.8 Å². The van der Waals surface area contributed by atoms with Crippen LogP contribution in [0.5, 0.6) is 5.75 Å². The van der Waals surface area contributed by atoms with Crippen molar-refractivity contribution in [1.29, 1.82) is 0 Å². The Morgan fingerprint density at radius 3 is 2.34 bits per heavy atom. The maximum atomic E-state index is 12.8. The van der Waals surface area contributed by atoms with Crippen LogP contribution in [-0.4, -0.2) is 38.3 Å². The van der Waals surface area contributed by atoms with Crippen LogP contribution in [0.4, 0.5) is 5.69 Å². The smallest absolute Gasteiger partial charge is 0.262 e. The van der Waals surface area contributed by atoms with Crippen molar-refractivity contribution in [2.75, 3.05) is 25.0 Å². The van der Waals surface area contributed by atoms with Gasteiger partial charge in [0, 0.05) is 28.8 Å². The normalized spacial score (nSPS) is 15.1. The van der Waals surface area contributed by atoms with Crippen molar-refractivity contribution in [1.82, 2.24) is 4.31 Å². The molecule has 1 amide bonds. The van der Waals surface area contributed by atoms with Crippen molar-refractivity contribution >= 4 is 44.8 Å². The Kier molecular flexibility index (Phi) is 7.05. The molecule has 2 aromatic carbocycles. The lowest BCUT2D eigenvalue weighted by atomic mass is 10.2. The number of carbonyl (C=O) groups excluding carboxylic acids is 1. The summed E-state index contributed by atoms with van der Waals surface area (Å²) >= 11 is 11.8. The van der Waals surface area contributed by atoms with Crippen molar-refractivity contribution < 1.29 is 17.9 Å². The van der Waals surface area contributed by atoms with E-state index in [0.717, 1.165) is 19.3 Å². The molecule has 0 spiro atoms. The molecule has 0 aromatic heterocycles. The molecule has 1 saturated heterocycles. The van der Waals surface area contributed by atoms with E-state index >= 15 is 0 Å². The van der Waals surface area contributed by atoms with Crippen molar-refractivity contribution in [3.05, 3.63) is 52.0 Å². The third kappa shape index (κ3) is 5.63. The molecule has 1 heterocycles. The zero-order chi connectivity index (χ0) is 21.0. The zero-order valence-electron chi connectivity index (χ0n) is 16.0. The fraction of sp³-hybridized carbons (Fsp3) is 0.350. The van der Waals surface area contributed by atoms with Crippen LogP contribution in [0.2, 0.25) is 10.0 Å². The molecule has 0 atom stereocenters. The Hall–Kier alpha value is -1.80. The van der Waals surface area contributed by atoms with Crippen LogP contribution in [0.1, 0.15) is 24.8 Å². The molecule has 0 radical (unpaired) electrons. The third-order valence-corrected chi connectivity index (χ3v) is 6.94. The maximum absolute atomic E-state index is 12.8. The monoisotopic (exact) mass is 456 g/mol. The first-order chi connectivity index (χ1) is 13.8. The largest absolute Gasteiger partial charge is 0.483 e. The summed E-state index contributed by atoms with van der Waals surface area (Å²) in [6.07, 6.45) is 2.82. The number of aryl methyl sites for hydroxylation is 1. The minimum absolute atomic E-state index is 0.233. The molecular weight excluding hydrogens is 435 g/mol. The van der Waals surface area contributed by atoms with E-state index in [0.29, 0.717) is 40.1 Å². The summed E-state index contributed by atoms with van der Waals surface area (Å²) in [5, 5.41) is 3.48. The quantitative estimate of drug-likeness (QED) is 0.694. The Bertz CT molecular complexity index is 985. The first kappa shape index (κ1) is 21.9. The molecule has 0 aliphatic carbocycles. The highest BCUT2D eigenvalue weighted by Gasteiger charge is 2.26. The summed E-state index contributed by atoms with van der Waals surface area (Å²) in [7, 11) is -3.51. The van der Waals surface area contributed by atoms with Gasteiger partial charge in [-0.25, -0.2) is 8.42 Å². The van der Waals surface area contributed by atoms with Crippen molar-refractivity contribution in [2.45, 2.75) is 31.1 Å². The fourth-order valence-corrected chi connectivity index (χ4v) is 5.29. The van der Waals surface area contributed by atoms with Crippen molar-refractivity contribution in [3.8, 4) is 5.75 Å². The highest BCUT2D eigenvalue weighted by molar-refractivity contribution is 7.89. The minimum Gasteiger partial charge on any atom is -0.483 e. The average Bonchev–Trinajstić information content (AvgIpc) is 2.67.